The number of fused-ring (bicyclic) bond motifs is 1. The molecule has 6 heteroatoms. The van der Waals surface area contributed by atoms with Gasteiger partial charge < -0.3 is 9.33 Å². The fraction of sp³-hybridized carbons (Fsp3) is 0.556. The smallest absolute Gasteiger partial charge is 0.236 e. The van der Waals surface area contributed by atoms with E-state index in [1.807, 2.05) is 19.4 Å². The van der Waals surface area contributed by atoms with E-state index in [1.54, 1.807) is 4.90 Å². The second kappa shape index (κ2) is 9.32. The molecule has 5 nitrogen and oxygen atoms in total. The molecule has 1 saturated heterocycles. The van der Waals surface area contributed by atoms with E-state index in [4.69, 9.17) is 4.43 Å². The number of amides is 1. The van der Waals surface area contributed by atoms with Crippen molar-refractivity contribution in [3.63, 3.8) is 0 Å². The van der Waals surface area contributed by atoms with Crippen LogP contribution in [-0.2, 0) is 22.2 Å². The summed E-state index contributed by atoms with van der Waals surface area (Å²) in [6.07, 6.45) is 7.71. The van der Waals surface area contributed by atoms with Crippen LogP contribution in [0.5, 0.6) is 0 Å². The highest BCUT2D eigenvalue weighted by Gasteiger charge is 2.38. The molecule has 3 heterocycles. The van der Waals surface area contributed by atoms with Crippen LogP contribution in [0.25, 0.3) is 11.1 Å². The second-order valence-corrected chi connectivity index (χ2v) is 13.0. The first-order chi connectivity index (χ1) is 15.5. The fourth-order valence-electron chi connectivity index (χ4n) is 4.96. The predicted molar refractivity (Wildman–Crippen MR) is 135 cm³/mol. The van der Waals surface area contributed by atoms with Gasteiger partial charge in [-0.05, 0) is 79.6 Å². The van der Waals surface area contributed by atoms with Crippen LogP contribution in [0.4, 0.5) is 5.69 Å². The molecule has 0 unspecified atom stereocenters. The lowest BCUT2D eigenvalue weighted by Crippen LogP contribution is -2.48. The summed E-state index contributed by atoms with van der Waals surface area (Å²) in [6, 6.07) is 9.08. The molecule has 0 spiro atoms. The third kappa shape index (κ3) is 5.56. The number of carbonyl (C=O) groups excluding carboxylic acids is 1. The summed E-state index contributed by atoms with van der Waals surface area (Å²) in [7, 11) is 2.35. The molecule has 0 N–H and O–H groups in total. The number of likely N-dealkylation sites (tertiary alicyclic amines) is 1. The van der Waals surface area contributed by atoms with Gasteiger partial charge >= 0.3 is 0 Å². The Labute approximate surface area is 201 Å². The maximum Gasteiger partial charge on any atom is 0.236 e. The molecule has 2 aromatic rings. The zero-order chi connectivity index (χ0) is 23.8. The van der Waals surface area contributed by atoms with Crippen molar-refractivity contribution in [2.75, 3.05) is 18.5 Å². The maximum atomic E-state index is 12.0. The zero-order valence-corrected chi connectivity index (χ0v) is 21.9. The van der Waals surface area contributed by atoms with E-state index < -0.39 is 0 Å². The third-order valence-electron chi connectivity index (χ3n) is 6.72. The number of carbonyl (C=O) groups is 1. The largest absolute Gasteiger partial charge is 0.410 e. The first-order valence-corrected chi connectivity index (χ1v) is 13.0. The minimum absolute atomic E-state index is 0.171. The first kappa shape index (κ1) is 24.1. The van der Waals surface area contributed by atoms with Gasteiger partial charge in [0.2, 0.25) is 15.7 Å². The van der Waals surface area contributed by atoms with Crippen LogP contribution in [0, 0.1) is 0 Å². The van der Waals surface area contributed by atoms with Gasteiger partial charge in [-0.3, -0.25) is 14.7 Å². The van der Waals surface area contributed by atoms with Gasteiger partial charge in [0.25, 0.3) is 0 Å². The number of benzene rings is 1. The predicted octanol–water partition coefficient (Wildman–Crippen LogP) is 5.25. The molecular formula is C27H37N3O2Si. The molecule has 1 atom stereocenters. The Kier molecular flexibility index (Phi) is 6.81. The second-order valence-electron chi connectivity index (χ2n) is 11.1. The van der Waals surface area contributed by atoms with Crippen LogP contribution >= 0.6 is 0 Å². The quantitative estimate of drug-likeness (QED) is 0.549. The monoisotopic (exact) mass is 463 g/mol. The number of aromatic nitrogens is 1. The minimum Gasteiger partial charge on any atom is -0.410 e. The molecule has 176 valence electrons. The van der Waals surface area contributed by atoms with Crippen LogP contribution in [0.15, 0.2) is 36.7 Å². The van der Waals surface area contributed by atoms with Gasteiger partial charge in [-0.1, -0.05) is 26.8 Å². The molecule has 2 aliphatic heterocycles. The Morgan fingerprint density at radius 2 is 1.88 bits per heavy atom. The van der Waals surface area contributed by atoms with Crippen molar-refractivity contribution in [1.82, 2.24) is 9.88 Å². The third-order valence-corrected chi connectivity index (χ3v) is 7.96. The van der Waals surface area contributed by atoms with Gasteiger partial charge in [-0.25, -0.2) is 0 Å². The molecule has 1 fully saturated rings. The van der Waals surface area contributed by atoms with Gasteiger partial charge in [0.1, 0.15) is 0 Å². The summed E-state index contributed by atoms with van der Waals surface area (Å²) in [5, 5.41) is 0.190. The van der Waals surface area contributed by atoms with Crippen LogP contribution in [0.1, 0.15) is 65.0 Å². The summed E-state index contributed by atoms with van der Waals surface area (Å²) >= 11 is 0. The molecule has 1 aromatic carbocycles. The van der Waals surface area contributed by atoms with Crippen LogP contribution < -0.4 is 4.90 Å². The molecule has 1 amide bonds. The van der Waals surface area contributed by atoms with Crippen molar-refractivity contribution in [3.8, 4) is 11.1 Å². The normalized spacial score (nSPS) is 19.8. The van der Waals surface area contributed by atoms with Crippen LogP contribution in [0.2, 0.25) is 5.04 Å². The van der Waals surface area contributed by atoms with Crippen molar-refractivity contribution < 1.29 is 9.22 Å². The van der Waals surface area contributed by atoms with E-state index in [9.17, 15) is 4.79 Å². The van der Waals surface area contributed by atoms with Crippen LogP contribution in [0.3, 0.4) is 0 Å². The highest BCUT2D eigenvalue weighted by atomic mass is 28.2. The Balaban J connectivity index is 1.50. The summed E-state index contributed by atoms with van der Waals surface area (Å²) < 4.78 is 6.45. The molecule has 0 saturated carbocycles. The Morgan fingerprint density at radius 3 is 2.64 bits per heavy atom. The SMILES string of the molecule is CN1C(=O)CCc2cc(-c3cncc(CN4CCC[C@H]4C(C)(C)O[Si]C(C)(C)C)c3)ccc21. The molecule has 1 aromatic heterocycles. The number of anilines is 1. The highest BCUT2D eigenvalue weighted by molar-refractivity contribution is 6.31. The lowest BCUT2D eigenvalue weighted by Gasteiger charge is -2.39. The van der Waals surface area contributed by atoms with Crippen molar-refractivity contribution in [2.45, 2.75) is 83.5 Å². The molecule has 2 aliphatic rings. The van der Waals surface area contributed by atoms with E-state index in [0.717, 1.165) is 30.8 Å². The van der Waals surface area contributed by atoms with Gasteiger partial charge in [-0.2, -0.15) is 0 Å². The Hall–Kier alpha value is -2.02. The lowest BCUT2D eigenvalue weighted by molar-refractivity contribution is -0.118. The maximum absolute atomic E-state index is 12.0. The zero-order valence-electron chi connectivity index (χ0n) is 20.9. The standard InChI is InChI=1S/C27H37N3O2Si/c1-26(2,3)33-32-27(4,5)24-8-7-13-30(24)18-19-14-22(17-28-16-19)20-9-11-23-21(15-20)10-12-25(31)29(23)6/h9,11,14-17,24H,7-8,10,12-13,18H2,1-6H3/t24-/m0/s1. The van der Waals surface area contributed by atoms with Crippen molar-refractivity contribution in [3.05, 3.63) is 47.8 Å². The van der Waals surface area contributed by atoms with Crippen molar-refractivity contribution >= 4 is 21.4 Å². The van der Waals surface area contributed by atoms with E-state index in [0.29, 0.717) is 22.2 Å². The highest BCUT2D eigenvalue weighted by Crippen LogP contribution is 2.34. The molecule has 0 bridgehead atoms. The first-order valence-electron chi connectivity index (χ1n) is 12.1. The van der Waals surface area contributed by atoms with E-state index in [-0.39, 0.29) is 16.5 Å². The summed E-state index contributed by atoms with van der Waals surface area (Å²) in [5.41, 5.74) is 5.62. The molecular weight excluding hydrogens is 426 g/mol. The number of pyridine rings is 1. The Morgan fingerprint density at radius 1 is 1.09 bits per heavy atom. The van der Waals surface area contributed by atoms with Gasteiger partial charge in [0, 0.05) is 49.7 Å². The molecule has 4 rings (SSSR count). The summed E-state index contributed by atoms with van der Waals surface area (Å²) in [5.74, 6) is 0.189. The summed E-state index contributed by atoms with van der Waals surface area (Å²) in [4.78, 5) is 20.9. The van der Waals surface area contributed by atoms with Crippen LogP contribution in [-0.4, -0.2) is 50.8 Å². The average molecular weight is 464 g/mol. The van der Waals surface area contributed by atoms with E-state index >= 15 is 0 Å². The Bertz CT molecular complexity index is 1010. The number of aryl methyl sites for hydroxylation is 1. The fourth-order valence-corrected chi connectivity index (χ4v) is 5.66. The molecule has 0 aliphatic carbocycles. The average Bonchev–Trinajstić information content (AvgIpc) is 3.24. The molecule has 33 heavy (non-hydrogen) atoms. The topological polar surface area (TPSA) is 45.7 Å². The summed E-state index contributed by atoms with van der Waals surface area (Å²) in [6.45, 7) is 13.2. The van der Waals surface area contributed by atoms with E-state index in [1.165, 1.54) is 29.5 Å². The van der Waals surface area contributed by atoms with E-state index in [2.05, 4.69) is 68.8 Å². The van der Waals surface area contributed by atoms with Crippen molar-refractivity contribution in [1.29, 1.82) is 0 Å². The number of nitrogens with zero attached hydrogens (tertiary/aromatic N) is 3. The lowest BCUT2D eigenvalue weighted by atomic mass is 9.95. The number of hydrogen-bond donors (Lipinski definition) is 0. The minimum atomic E-state index is -0.171. The number of hydrogen-bond acceptors (Lipinski definition) is 4. The van der Waals surface area contributed by atoms with Gasteiger partial charge in [0.15, 0.2) is 0 Å². The van der Waals surface area contributed by atoms with Crippen molar-refractivity contribution in [2.24, 2.45) is 0 Å². The van der Waals surface area contributed by atoms with Gasteiger partial charge in [0.05, 0.1) is 5.60 Å². The number of rotatable bonds is 6. The van der Waals surface area contributed by atoms with Gasteiger partial charge in [-0.15, -0.1) is 0 Å². The molecule has 2 radical (unpaired) electrons.